The number of aryl methyl sites for hydroxylation is 1. The first-order valence-electron chi connectivity index (χ1n) is 7.70. The van der Waals surface area contributed by atoms with Crippen LogP contribution in [-0.2, 0) is 11.2 Å². The number of aliphatic hydroxyl groups excluding tert-OH is 1. The van der Waals surface area contributed by atoms with Crippen LogP contribution in [0.2, 0.25) is 0 Å². The second kappa shape index (κ2) is 9.40. The minimum atomic E-state index is 0.0108. The number of rotatable bonds is 9. The summed E-state index contributed by atoms with van der Waals surface area (Å²) in [6.07, 6.45) is 2.93. The van der Waals surface area contributed by atoms with Gasteiger partial charge >= 0.3 is 0 Å². The highest BCUT2D eigenvalue weighted by molar-refractivity contribution is 5.77. The smallest absolute Gasteiger partial charge is 0.223 e. The van der Waals surface area contributed by atoms with Gasteiger partial charge < -0.3 is 14.7 Å². The van der Waals surface area contributed by atoms with Crippen molar-refractivity contribution in [2.24, 2.45) is 0 Å². The Hall–Kier alpha value is -1.55. The largest absolute Gasteiger partial charge is 0.496 e. The van der Waals surface area contributed by atoms with E-state index in [9.17, 15) is 9.90 Å². The molecule has 4 heteroatoms. The number of methoxy groups -OCH3 is 1. The zero-order valence-corrected chi connectivity index (χ0v) is 13.3. The van der Waals surface area contributed by atoms with E-state index in [2.05, 4.69) is 13.8 Å². The van der Waals surface area contributed by atoms with Crippen molar-refractivity contribution in [3.05, 3.63) is 29.8 Å². The molecule has 0 aromatic heterocycles. The van der Waals surface area contributed by atoms with Crippen LogP contribution in [0.3, 0.4) is 0 Å². The highest BCUT2D eigenvalue weighted by Gasteiger charge is 2.20. The Kier molecular flexibility index (Phi) is 7.83. The quantitative estimate of drug-likeness (QED) is 0.761. The van der Waals surface area contributed by atoms with Crippen LogP contribution < -0.4 is 4.74 Å². The van der Waals surface area contributed by atoms with Gasteiger partial charge in [-0.15, -0.1) is 0 Å². The highest BCUT2D eigenvalue weighted by Crippen LogP contribution is 2.20. The van der Waals surface area contributed by atoms with Crippen LogP contribution >= 0.6 is 0 Å². The minimum absolute atomic E-state index is 0.0108. The fourth-order valence-corrected chi connectivity index (χ4v) is 2.64. The number of hydrogen-bond donors (Lipinski definition) is 1. The molecule has 0 radical (unpaired) electrons. The lowest BCUT2D eigenvalue weighted by Gasteiger charge is -2.30. The summed E-state index contributed by atoms with van der Waals surface area (Å²) in [5.74, 6) is 0.921. The molecule has 0 aliphatic carbocycles. The monoisotopic (exact) mass is 293 g/mol. The average molecular weight is 293 g/mol. The topological polar surface area (TPSA) is 49.8 Å². The molecule has 0 aliphatic rings. The predicted molar refractivity (Wildman–Crippen MR) is 84.5 cm³/mol. The highest BCUT2D eigenvalue weighted by atomic mass is 16.5. The molecule has 21 heavy (non-hydrogen) atoms. The molecule has 0 saturated heterocycles. The molecule has 0 atom stereocenters. The average Bonchev–Trinajstić information content (AvgIpc) is 2.53. The van der Waals surface area contributed by atoms with E-state index in [1.165, 1.54) is 0 Å². The summed E-state index contributed by atoms with van der Waals surface area (Å²) < 4.78 is 5.31. The van der Waals surface area contributed by atoms with Crippen LogP contribution in [0.15, 0.2) is 24.3 Å². The maximum Gasteiger partial charge on any atom is 0.223 e. The van der Waals surface area contributed by atoms with Crippen LogP contribution in [0.25, 0.3) is 0 Å². The second-order valence-corrected chi connectivity index (χ2v) is 5.09. The minimum Gasteiger partial charge on any atom is -0.496 e. The first-order valence-corrected chi connectivity index (χ1v) is 7.70. The Balaban J connectivity index is 2.69. The number of benzene rings is 1. The number of aliphatic hydroxyl groups is 1. The fourth-order valence-electron chi connectivity index (χ4n) is 2.64. The van der Waals surface area contributed by atoms with Gasteiger partial charge in [0.1, 0.15) is 5.75 Å². The number of ether oxygens (including phenoxy) is 1. The molecule has 0 heterocycles. The first kappa shape index (κ1) is 17.5. The molecule has 1 aromatic carbocycles. The lowest BCUT2D eigenvalue weighted by molar-refractivity contribution is -0.134. The van der Waals surface area contributed by atoms with Gasteiger partial charge in [0.05, 0.1) is 13.7 Å². The van der Waals surface area contributed by atoms with E-state index in [0.29, 0.717) is 19.4 Å². The maximum absolute atomic E-state index is 12.4. The van der Waals surface area contributed by atoms with Crippen molar-refractivity contribution in [3.8, 4) is 5.75 Å². The van der Waals surface area contributed by atoms with Crippen molar-refractivity contribution in [3.63, 3.8) is 0 Å². The molecule has 0 aliphatic heterocycles. The zero-order valence-electron chi connectivity index (χ0n) is 13.3. The van der Waals surface area contributed by atoms with Crippen molar-refractivity contribution >= 4 is 5.91 Å². The van der Waals surface area contributed by atoms with Crippen molar-refractivity contribution in [1.29, 1.82) is 0 Å². The molecule has 118 valence electrons. The number of carbonyl (C=O) groups excluding carboxylic acids is 1. The van der Waals surface area contributed by atoms with Gasteiger partial charge in [0.2, 0.25) is 5.91 Å². The van der Waals surface area contributed by atoms with Gasteiger partial charge in [-0.05, 0) is 30.9 Å². The molecule has 0 bridgehead atoms. The van der Waals surface area contributed by atoms with Crippen LogP contribution in [-0.4, -0.2) is 42.2 Å². The van der Waals surface area contributed by atoms with E-state index < -0.39 is 0 Å². The Bertz CT molecular complexity index is 430. The summed E-state index contributed by atoms with van der Waals surface area (Å²) in [6.45, 7) is 4.58. The van der Waals surface area contributed by atoms with Gasteiger partial charge in [0.15, 0.2) is 0 Å². The van der Waals surface area contributed by atoms with Crippen LogP contribution in [0.1, 0.15) is 38.7 Å². The van der Waals surface area contributed by atoms with Crippen LogP contribution in [0, 0.1) is 0 Å². The Morgan fingerprint density at radius 3 is 2.52 bits per heavy atom. The van der Waals surface area contributed by atoms with Gasteiger partial charge in [-0.1, -0.05) is 32.0 Å². The van der Waals surface area contributed by atoms with Gasteiger partial charge in [0, 0.05) is 19.0 Å². The van der Waals surface area contributed by atoms with E-state index in [1.807, 2.05) is 29.2 Å². The Morgan fingerprint density at radius 2 is 1.95 bits per heavy atom. The fraction of sp³-hybridized carbons (Fsp3) is 0.588. The predicted octanol–water partition coefficient (Wildman–Crippen LogP) is 2.64. The number of carbonyl (C=O) groups is 1. The third-order valence-electron chi connectivity index (χ3n) is 3.85. The molecule has 1 aromatic rings. The normalized spacial score (nSPS) is 10.7. The van der Waals surface area contributed by atoms with Gasteiger partial charge in [-0.2, -0.15) is 0 Å². The zero-order chi connectivity index (χ0) is 15.7. The van der Waals surface area contributed by atoms with E-state index in [-0.39, 0.29) is 18.6 Å². The molecule has 1 amide bonds. The molecule has 1 N–H and O–H groups in total. The summed E-state index contributed by atoms with van der Waals surface area (Å²) in [5, 5.41) is 9.18. The van der Waals surface area contributed by atoms with Gasteiger partial charge in [-0.3, -0.25) is 4.79 Å². The summed E-state index contributed by atoms with van der Waals surface area (Å²) in [4.78, 5) is 14.3. The number of hydrogen-bond acceptors (Lipinski definition) is 3. The maximum atomic E-state index is 12.4. The molecule has 0 spiro atoms. The number of amides is 1. The van der Waals surface area contributed by atoms with E-state index in [1.54, 1.807) is 7.11 Å². The third kappa shape index (κ3) is 5.05. The van der Waals surface area contributed by atoms with Crippen molar-refractivity contribution in [2.75, 3.05) is 20.3 Å². The summed E-state index contributed by atoms with van der Waals surface area (Å²) in [7, 11) is 1.64. The van der Waals surface area contributed by atoms with E-state index in [4.69, 9.17) is 4.74 Å². The third-order valence-corrected chi connectivity index (χ3v) is 3.85. The molecule has 1 rings (SSSR count). The number of nitrogens with zero attached hydrogens (tertiary/aromatic N) is 1. The lowest BCUT2D eigenvalue weighted by Crippen LogP contribution is -2.41. The Morgan fingerprint density at radius 1 is 1.29 bits per heavy atom. The number of para-hydroxylation sites is 1. The molecule has 0 fully saturated rings. The summed E-state index contributed by atoms with van der Waals surface area (Å²) in [5.41, 5.74) is 1.04. The van der Waals surface area contributed by atoms with Gasteiger partial charge in [-0.25, -0.2) is 0 Å². The molecular weight excluding hydrogens is 266 g/mol. The van der Waals surface area contributed by atoms with Crippen molar-refractivity contribution < 1.29 is 14.6 Å². The standard InChI is InChI=1S/C17H27NO3/c1-4-15(5-2)18(12-13-19)17(20)11-10-14-8-6-7-9-16(14)21-3/h6-9,15,19H,4-5,10-13H2,1-3H3. The van der Waals surface area contributed by atoms with Crippen molar-refractivity contribution in [1.82, 2.24) is 4.90 Å². The van der Waals surface area contributed by atoms with Gasteiger partial charge in [0.25, 0.3) is 0 Å². The SMILES string of the molecule is CCC(CC)N(CCO)C(=O)CCc1ccccc1OC. The summed E-state index contributed by atoms with van der Waals surface area (Å²) in [6, 6.07) is 7.98. The molecular formula is C17H27NO3. The van der Waals surface area contributed by atoms with E-state index >= 15 is 0 Å². The Labute approximate surface area is 127 Å². The molecule has 0 saturated carbocycles. The second-order valence-electron chi connectivity index (χ2n) is 5.09. The summed E-state index contributed by atoms with van der Waals surface area (Å²) >= 11 is 0. The van der Waals surface area contributed by atoms with E-state index in [0.717, 1.165) is 24.2 Å². The molecule has 0 unspecified atom stereocenters. The lowest BCUT2D eigenvalue weighted by atomic mass is 10.1. The first-order chi connectivity index (χ1) is 10.2. The molecule has 4 nitrogen and oxygen atoms in total. The van der Waals surface area contributed by atoms with Crippen LogP contribution in [0.5, 0.6) is 5.75 Å². The van der Waals surface area contributed by atoms with Crippen molar-refractivity contribution in [2.45, 2.75) is 45.6 Å². The van der Waals surface area contributed by atoms with Crippen LogP contribution in [0.4, 0.5) is 0 Å².